The maximum atomic E-state index is 11.8. The Hall–Kier alpha value is -1.89. The van der Waals surface area contributed by atoms with Crippen LogP contribution in [0.5, 0.6) is 0 Å². The number of nitrogens with one attached hydrogen (secondary N) is 1. The van der Waals surface area contributed by atoms with Gasteiger partial charge < -0.3 is 0 Å². The molecule has 1 N–H and O–H groups in total. The van der Waals surface area contributed by atoms with Crippen molar-refractivity contribution < 1.29 is 8.42 Å². The molecule has 5 nitrogen and oxygen atoms in total. The van der Waals surface area contributed by atoms with Crippen molar-refractivity contribution in [2.75, 3.05) is 6.54 Å². The number of rotatable bonds is 5. The molecule has 0 aromatic heterocycles. The van der Waals surface area contributed by atoms with Crippen molar-refractivity contribution in [1.29, 1.82) is 10.5 Å². The number of sulfonamides is 1. The molecule has 0 heterocycles. The largest absolute Gasteiger partial charge is 0.241 e. The van der Waals surface area contributed by atoms with E-state index in [1.54, 1.807) is 12.1 Å². The summed E-state index contributed by atoms with van der Waals surface area (Å²) in [5.41, 5.74) is 0.111. The average molecular weight is 249 g/mol. The zero-order valence-corrected chi connectivity index (χ0v) is 9.87. The fourth-order valence-corrected chi connectivity index (χ4v) is 2.47. The summed E-state index contributed by atoms with van der Waals surface area (Å²) >= 11 is 0. The topological polar surface area (TPSA) is 93.8 Å². The molecular weight excluding hydrogens is 238 g/mol. The van der Waals surface area contributed by atoms with E-state index in [4.69, 9.17) is 10.5 Å². The number of unbranched alkanes of at least 4 members (excludes halogenated alkanes) is 1. The van der Waals surface area contributed by atoms with Crippen LogP contribution in [-0.2, 0) is 10.0 Å². The molecule has 6 heteroatoms. The number of benzene rings is 1. The maximum absolute atomic E-state index is 11.8. The first-order chi connectivity index (χ1) is 8.11. The third kappa shape index (κ3) is 3.56. The summed E-state index contributed by atoms with van der Waals surface area (Å²) in [6.07, 6.45) is 0.743. The fraction of sp³-hybridized carbons (Fsp3) is 0.273. The molecule has 0 fully saturated rings. The summed E-state index contributed by atoms with van der Waals surface area (Å²) in [4.78, 5) is -0.0283. The highest BCUT2D eigenvalue weighted by atomic mass is 32.2. The lowest BCUT2D eigenvalue weighted by Crippen LogP contribution is -2.25. The highest BCUT2D eigenvalue weighted by molar-refractivity contribution is 7.89. The third-order valence-corrected chi connectivity index (χ3v) is 3.57. The maximum Gasteiger partial charge on any atom is 0.241 e. The summed E-state index contributed by atoms with van der Waals surface area (Å²) < 4.78 is 26.0. The van der Waals surface area contributed by atoms with Crippen molar-refractivity contribution in [3.8, 4) is 12.1 Å². The second-order valence-electron chi connectivity index (χ2n) is 3.27. The van der Waals surface area contributed by atoms with Crippen molar-refractivity contribution in [1.82, 2.24) is 4.72 Å². The predicted molar refractivity (Wildman–Crippen MR) is 61.2 cm³/mol. The van der Waals surface area contributed by atoms with Crippen LogP contribution in [0.15, 0.2) is 29.2 Å². The Kier molecular flexibility index (Phi) is 4.65. The van der Waals surface area contributed by atoms with Crippen molar-refractivity contribution in [2.24, 2.45) is 0 Å². The van der Waals surface area contributed by atoms with E-state index in [1.807, 2.05) is 12.1 Å². The molecular formula is C11H11N3O2S. The van der Waals surface area contributed by atoms with E-state index in [2.05, 4.69) is 4.72 Å². The zero-order valence-electron chi connectivity index (χ0n) is 9.05. The first-order valence-corrected chi connectivity index (χ1v) is 6.46. The van der Waals surface area contributed by atoms with Gasteiger partial charge in [-0.05, 0) is 18.6 Å². The molecule has 0 aliphatic rings. The number of hydrogen-bond donors (Lipinski definition) is 1. The van der Waals surface area contributed by atoms with Gasteiger partial charge in [-0.15, -0.1) is 0 Å². The molecule has 0 aliphatic carbocycles. The van der Waals surface area contributed by atoms with Gasteiger partial charge in [0.25, 0.3) is 0 Å². The minimum absolute atomic E-state index is 0.0283. The monoisotopic (exact) mass is 249 g/mol. The highest BCUT2D eigenvalue weighted by Crippen LogP contribution is 2.13. The van der Waals surface area contributed by atoms with Crippen LogP contribution in [0.1, 0.15) is 18.4 Å². The molecule has 0 atom stereocenters. The van der Waals surface area contributed by atoms with Gasteiger partial charge in [-0.3, -0.25) is 0 Å². The second kappa shape index (κ2) is 6.00. The van der Waals surface area contributed by atoms with E-state index in [1.165, 1.54) is 12.1 Å². The predicted octanol–water partition coefficient (Wildman–Crippen LogP) is 1.14. The fourth-order valence-electron chi connectivity index (χ4n) is 1.25. The van der Waals surface area contributed by atoms with Crippen molar-refractivity contribution in [3.63, 3.8) is 0 Å². The van der Waals surface area contributed by atoms with Crippen LogP contribution in [0.25, 0.3) is 0 Å². The van der Waals surface area contributed by atoms with E-state index < -0.39 is 10.0 Å². The lowest BCUT2D eigenvalue weighted by molar-refractivity contribution is 0.579. The first-order valence-electron chi connectivity index (χ1n) is 4.97. The molecule has 0 saturated heterocycles. The van der Waals surface area contributed by atoms with Crippen LogP contribution in [0, 0.1) is 22.7 Å². The average Bonchev–Trinajstić information content (AvgIpc) is 2.34. The van der Waals surface area contributed by atoms with E-state index in [0.29, 0.717) is 12.8 Å². The van der Waals surface area contributed by atoms with Gasteiger partial charge in [0.2, 0.25) is 10.0 Å². The SMILES string of the molecule is N#CCCCNS(=O)(=O)c1ccccc1C#N. The van der Waals surface area contributed by atoms with Gasteiger partial charge in [-0.25, -0.2) is 13.1 Å². The lowest BCUT2D eigenvalue weighted by atomic mass is 10.2. The lowest BCUT2D eigenvalue weighted by Gasteiger charge is -2.06. The minimum Gasteiger partial charge on any atom is -0.211 e. The van der Waals surface area contributed by atoms with Crippen molar-refractivity contribution >= 4 is 10.0 Å². The van der Waals surface area contributed by atoms with Gasteiger partial charge in [0.1, 0.15) is 6.07 Å². The molecule has 1 aromatic carbocycles. The molecule has 0 saturated carbocycles. The smallest absolute Gasteiger partial charge is 0.211 e. The van der Waals surface area contributed by atoms with Crippen LogP contribution >= 0.6 is 0 Å². The molecule has 0 radical (unpaired) electrons. The Bertz CT molecular complexity index is 567. The number of nitrogens with zero attached hydrogens (tertiary/aromatic N) is 2. The van der Waals surface area contributed by atoms with Gasteiger partial charge in [0.15, 0.2) is 0 Å². The van der Waals surface area contributed by atoms with Gasteiger partial charge in [-0.1, -0.05) is 12.1 Å². The molecule has 0 amide bonds. The van der Waals surface area contributed by atoms with E-state index in [-0.39, 0.29) is 17.0 Å². The van der Waals surface area contributed by atoms with Crippen LogP contribution in [0.2, 0.25) is 0 Å². The summed E-state index contributed by atoms with van der Waals surface area (Å²) in [5, 5.41) is 17.1. The molecule has 17 heavy (non-hydrogen) atoms. The minimum atomic E-state index is -3.67. The number of hydrogen-bond acceptors (Lipinski definition) is 4. The Labute approximate surface area is 100 Å². The highest BCUT2D eigenvalue weighted by Gasteiger charge is 2.16. The number of nitriles is 2. The van der Waals surface area contributed by atoms with E-state index >= 15 is 0 Å². The molecule has 0 spiro atoms. The molecule has 0 bridgehead atoms. The summed E-state index contributed by atoms with van der Waals surface area (Å²) in [6.45, 7) is 0.190. The van der Waals surface area contributed by atoms with Gasteiger partial charge >= 0.3 is 0 Å². The Balaban J connectivity index is 2.84. The first kappa shape index (κ1) is 13.2. The van der Waals surface area contributed by atoms with Crippen molar-refractivity contribution in [3.05, 3.63) is 29.8 Å². The zero-order chi connectivity index (χ0) is 12.7. The molecule has 0 unspecified atom stereocenters. The summed E-state index contributed by atoms with van der Waals surface area (Å²) in [7, 11) is -3.67. The molecule has 88 valence electrons. The van der Waals surface area contributed by atoms with Crippen LogP contribution in [0.4, 0.5) is 0 Å². The van der Waals surface area contributed by atoms with Gasteiger partial charge in [0, 0.05) is 13.0 Å². The van der Waals surface area contributed by atoms with Crippen molar-refractivity contribution in [2.45, 2.75) is 17.7 Å². The molecule has 1 aromatic rings. The Morgan fingerprint density at radius 2 is 1.94 bits per heavy atom. The Morgan fingerprint density at radius 3 is 2.59 bits per heavy atom. The quantitative estimate of drug-likeness (QED) is 0.792. The van der Waals surface area contributed by atoms with E-state index in [9.17, 15) is 8.42 Å². The second-order valence-corrected chi connectivity index (χ2v) is 5.00. The van der Waals surface area contributed by atoms with Crippen LogP contribution in [0.3, 0.4) is 0 Å². The van der Waals surface area contributed by atoms with Gasteiger partial charge in [0.05, 0.1) is 16.5 Å². The van der Waals surface area contributed by atoms with Crippen LogP contribution in [-0.4, -0.2) is 15.0 Å². The standard InChI is InChI=1S/C11H11N3O2S/c12-7-3-4-8-14-17(15,16)11-6-2-1-5-10(11)9-13/h1-2,5-6,14H,3-4,8H2. The van der Waals surface area contributed by atoms with E-state index in [0.717, 1.165) is 0 Å². The normalized spacial score (nSPS) is 10.5. The van der Waals surface area contributed by atoms with Gasteiger partial charge in [-0.2, -0.15) is 10.5 Å². The molecule has 1 rings (SSSR count). The summed E-state index contributed by atoms with van der Waals surface area (Å²) in [6, 6.07) is 9.75. The third-order valence-electron chi connectivity index (χ3n) is 2.05. The molecule has 0 aliphatic heterocycles. The Morgan fingerprint density at radius 1 is 1.24 bits per heavy atom. The summed E-state index contributed by atoms with van der Waals surface area (Å²) in [5.74, 6) is 0. The van der Waals surface area contributed by atoms with Crippen LogP contribution < -0.4 is 4.72 Å².